The molecule has 3 heteroatoms. The maximum atomic E-state index is 6.03. The Hall–Kier alpha value is -1.84. The molecule has 0 saturated carbocycles. The molecular weight excluding hydrogens is 346 g/mol. The van der Waals surface area contributed by atoms with Crippen LogP contribution >= 0.6 is 0 Å². The Morgan fingerprint density at radius 3 is 2.43 bits per heavy atom. The average Bonchev–Trinajstić information content (AvgIpc) is 2.76. The summed E-state index contributed by atoms with van der Waals surface area (Å²) in [6, 6.07) is 18.9. The number of ether oxygens (including phenoxy) is 2. The van der Waals surface area contributed by atoms with Crippen LogP contribution in [0.4, 0.5) is 0 Å². The van der Waals surface area contributed by atoms with E-state index in [1.807, 2.05) is 13.2 Å². The first-order valence-electron chi connectivity index (χ1n) is 10.8. The van der Waals surface area contributed by atoms with Gasteiger partial charge in [-0.15, -0.1) is 0 Å². The van der Waals surface area contributed by atoms with Gasteiger partial charge in [-0.1, -0.05) is 62.2 Å². The van der Waals surface area contributed by atoms with Crippen LogP contribution in [-0.4, -0.2) is 44.4 Å². The van der Waals surface area contributed by atoms with Gasteiger partial charge in [-0.2, -0.15) is 0 Å². The number of piperidine rings is 1. The first-order valence-corrected chi connectivity index (χ1v) is 10.8. The normalized spacial score (nSPS) is 20.2. The summed E-state index contributed by atoms with van der Waals surface area (Å²) in [5.41, 5.74) is 2.46. The minimum Gasteiger partial charge on any atom is -0.494 e. The van der Waals surface area contributed by atoms with E-state index < -0.39 is 0 Å². The molecular formula is C25H35NO2. The summed E-state index contributed by atoms with van der Waals surface area (Å²) in [4.78, 5) is 2.57. The lowest BCUT2D eigenvalue weighted by atomic mass is 9.90. The number of nitrogens with zero attached hydrogens (tertiary/aromatic N) is 1. The van der Waals surface area contributed by atoms with Gasteiger partial charge < -0.3 is 14.4 Å². The van der Waals surface area contributed by atoms with Crippen molar-refractivity contribution in [2.24, 2.45) is 5.92 Å². The molecule has 1 saturated heterocycles. The molecule has 0 aliphatic carbocycles. The third-order valence-corrected chi connectivity index (χ3v) is 5.88. The van der Waals surface area contributed by atoms with Crippen molar-refractivity contribution < 1.29 is 9.47 Å². The number of rotatable bonds is 10. The van der Waals surface area contributed by atoms with Gasteiger partial charge in [0.1, 0.15) is 5.75 Å². The zero-order valence-electron chi connectivity index (χ0n) is 17.5. The van der Waals surface area contributed by atoms with E-state index in [-0.39, 0.29) is 0 Å². The van der Waals surface area contributed by atoms with Gasteiger partial charge >= 0.3 is 0 Å². The third-order valence-electron chi connectivity index (χ3n) is 5.88. The fourth-order valence-corrected chi connectivity index (χ4v) is 4.12. The van der Waals surface area contributed by atoms with Crippen LogP contribution in [0.2, 0.25) is 0 Å². The molecule has 28 heavy (non-hydrogen) atoms. The van der Waals surface area contributed by atoms with Crippen LogP contribution in [0.5, 0.6) is 5.75 Å². The second kappa shape index (κ2) is 11.2. The van der Waals surface area contributed by atoms with E-state index in [9.17, 15) is 0 Å². The molecule has 0 amide bonds. The highest BCUT2D eigenvalue weighted by Gasteiger charge is 2.28. The Balaban J connectivity index is 1.43. The summed E-state index contributed by atoms with van der Waals surface area (Å²) in [5, 5.41) is 0. The second-order valence-electron chi connectivity index (χ2n) is 7.86. The Morgan fingerprint density at radius 2 is 1.71 bits per heavy atom. The highest BCUT2D eigenvalue weighted by Crippen LogP contribution is 2.25. The van der Waals surface area contributed by atoms with Gasteiger partial charge in [0, 0.05) is 13.7 Å². The maximum Gasteiger partial charge on any atom is 0.119 e. The van der Waals surface area contributed by atoms with Crippen LogP contribution in [0.25, 0.3) is 11.1 Å². The average molecular weight is 382 g/mol. The fourth-order valence-electron chi connectivity index (χ4n) is 4.12. The third kappa shape index (κ3) is 6.08. The van der Waals surface area contributed by atoms with Crippen LogP contribution in [0.15, 0.2) is 54.6 Å². The van der Waals surface area contributed by atoms with Gasteiger partial charge in [0.2, 0.25) is 0 Å². The lowest BCUT2D eigenvalue weighted by Gasteiger charge is -2.37. The topological polar surface area (TPSA) is 21.7 Å². The van der Waals surface area contributed by atoms with Crippen LogP contribution < -0.4 is 4.74 Å². The molecule has 2 atom stereocenters. The number of methoxy groups -OCH3 is 1. The first-order chi connectivity index (χ1) is 13.8. The monoisotopic (exact) mass is 381 g/mol. The van der Waals surface area contributed by atoms with Crippen molar-refractivity contribution in [3.05, 3.63) is 54.6 Å². The van der Waals surface area contributed by atoms with Gasteiger partial charge in [-0.3, -0.25) is 0 Å². The summed E-state index contributed by atoms with van der Waals surface area (Å²) in [5.74, 6) is 1.54. The van der Waals surface area contributed by atoms with Gasteiger partial charge in [0.05, 0.1) is 12.7 Å². The summed E-state index contributed by atoms with van der Waals surface area (Å²) in [6.45, 7) is 6.49. The molecule has 0 bridgehead atoms. The Bertz CT molecular complexity index is 671. The molecule has 0 N–H and O–H groups in total. The molecule has 1 fully saturated rings. The van der Waals surface area contributed by atoms with Crippen molar-refractivity contribution in [1.29, 1.82) is 0 Å². The van der Waals surface area contributed by atoms with Crippen molar-refractivity contribution in [3.63, 3.8) is 0 Å². The van der Waals surface area contributed by atoms with E-state index in [1.54, 1.807) is 0 Å². The Kier molecular flexibility index (Phi) is 8.38. The fraction of sp³-hybridized carbons (Fsp3) is 0.520. The number of hydrogen-bond acceptors (Lipinski definition) is 3. The summed E-state index contributed by atoms with van der Waals surface area (Å²) in [6.07, 6.45) is 6.52. The Labute approximate surface area is 170 Å². The number of hydrogen-bond donors (Lipinski definition) is 0. The molecule has 0 aromatic heterocycles. The smallest absolute Gasteiger partial charge is 0.119 e. The minimum absolute atomic E-state index is 0.333. The lowest BCUT2D eigenvalue weighted by Crippen LogP contribution is -2.45. The SMILES string of the molecule is CCCCCN1CC[C@H](CCOc2ccc(-c3ccccc3)cc2)[C@H](OC)C1. The van der Waals surface area contributed by atoms with Crippen LogP contribution in [0, 0.1) is 5.92 Å². The van der Waals surface area contributed by atoms with E-state index >= 15 is 0 Å². The highest BCUT2D eigenvalue weighted by molar-refractivity contribution is 5.63. The predicted octanol–water partition coefficient (Wildman–Crippen LogP) is 5.65. The van der Waals surface area contributed by atoms with Crippen molar-refractivity contribution in [3.8, 4) is 16.9 Å². The van der Waals surface area contributed by atoms with Gasteiger partial charge in [-0.05, 0) is 61.5 Å². The minimum atomic E-state index is 0.333. The molecule has 2 aromatic rings. The lowest BCUT2D eigenvalue weighted by molar-refractivity contribution is -0.0180. The Morgan fingerprint density at radius 1 is 0.964 bits per heavy atom. The standard InChI is InChI=1S/C25H35NO2/c1-3-4-8-17-26-18-15-23(25(20-26)27-2)16-19-28-24-13-11-22(12-14-24)21-9-6-5-7-10-21/h5-7,9-14,23,25H,3-4,8,15-20H2,1-2H3/t23-,25-/m1/s1. The van der Waals surface area contributed by atoms with E-state index in [0.717, 1.165) is 25.3 Å². The number of benzene rings is 2. The molecule has 0 unspecified atom stereocenters. The molecule has 3 rings (SSSR count). The van der Waals surface area contributed by atoms with Gasteiger partial charge in [0.25, 0.3) is 0 Å². The van der Waals surface area contributed by atoms with Crippen LogP contribution in [0.3, 0.4) is 0 Å². The first kappa shape index (κ1) is 20.9. The van der Waals surface area contributed by atoms with E-state index in [1.165, 1.54) is 49.9 Å². The van der Waals surface area contributed by atoms with E-state index in [4.69, 9.17) is 9.47 Å². The van der Waals surface area contributed by atoms with Crippen molar-refractivity contribution in [1.82, 2.24) is 4.90 Å². The molecule has 2 aromatic carbocycles. The summed E-state index contributed by atoms with van der Waals surface area (Å²) in [7, 11) is 1.86. The zero-order valence-corrected chi connectivity index (χ0v) is 17.5. The molecule has 1 heterocycles. The molecule has 1 aliphatic heterocycles. The van der Waals surface area contributed by atoms with Crippen molar-refractivity contribution in [2.45, 2.75) is 45.1 Å². The van der Waals surface area contributed by atoms with Crippen LogP contribution in [-0.2, 0) is 4.74 Å². The molecule has 0 spiro atoms. The number of unbranched alkanes of at least 4 members (excludes halogenated alkanes) is 2. The van der Waals surface area contributed by atoms with E-state index in [2.05, 4.69) is 60.4 Å². The quantitative estimate of drug-likeness (QED) is 0.496. The predicted molar refractivity (Wildman–Crippen MR) is 117 cm³/mol. The molecule has 3 nitrogen and oxygen atoms in total. The molecule has 1 aliphatic rings. The largest absolute Gasteiger partial charge is 0.494 e. The zero-order chi connectivity index (χ0) is 19.6. The maximum absolute atomic E-state index is 6.03. The van der Waals surface area contributed by atoms with Gasteiger partial charge in [0.15, 0.2) is 0 Å². The van der Waals surface area contributed by atoms with Crippen molar-refractivity contribution >= 4 is 0 Å². The second-order valence-corrected chi connectivity index (χ2v) is 7.86. The molecule has 0 radical (unpaired) electrons. The summed E-state index contributed by atoms with van der Waals surface area (Å²) < 4.78 is 11.8. The number of likely N-dealkylation sites (tertiary alicyclic amines) is 1. The molecule has 152 valence electrons. The van der Waals surface area contributed by atoms with Crippen LogP contribution in [0.1, 0.15) is 39.0 Å². The highest BCUT2D eigenvalue weighted by atomic mass is 16.5. The van der Waals surface area contributed by atoms with Crippen molar-refractivity contribution in [2.75, 3.05) is 33.4 Å². The summed E-state index contributed by atoms with van der Waals surface area (Å²) >= 11 is 0. The van der Waals surface area contributed by atoms with E-state index in [0.29, 0.717) is 12.0 Å². The van der Waals surface area contributed by atoms with Gasteiger partial charge in [-0.25, -0.2) is 0 Å².